The molecular weight excluding hydrogens is 420 g/mol. The van der Waals surface area contributed by atoms with Crippen LogP contribution in [0.25, 0.3) is 10.2 Å². The average molecular weight is 447 g/mol. The number of hydrogen-bond acceptors (Lipinski definition) is 4. The summed E-state index contributed by atoms with van der Waals surface area (Å²) in [6.45, 7) is 8.02. The van der Waals surface area contributed by atoms with Gasteiger partial charge in [-0.1, -0.05) is 35.6 Å². The van der Waals surface area contributed by atoms with Gasteiger partial charge in [0, 0.05) is 18.7 Å². The first-order chi connectivity index (χ1) is 15.5. The monoisotopic (exact) mass is 446 g/mol. The molecule has 3 aromatic carbocycles. The van der Waals surface area contributed by atoms with Gasteiger partial charge in [0.1, 0.15) is 11.5 Å². The van der Waals surface area contributed by atoms with Gasteiger partial charge in [-0.25, -0.2) is 0 Å². The van der Waals surface area contributed by atoms with Crippen molar-refractivity contribution in [2.75, 3.05) is 13.2 Å². The molecule has 0 N–H and O–H groups in total. The van der Waals surface area contributed by atoms with Crippen molar-refractivity contribution in [3.8, 4) is 11.5 Å². The number of benzene rings is 3. The minimum atomic E-state index is -0.276. The average Bonchev–Trinajstić information content (AvgIpc) is 3.12. The maximum Gasteiger partial charge on any atom is 0.279 e. The minimum absolute atomic E-state index is 0.276. The Hall–Kier alpha value is -3.22. The number of aromatic nitrogens is 1. The lowest BCUT2D eigenvalue weighted by Gasteiger charge is -2.07. The quantitative estimate of drug-likeness (QED) is 0.333. The Morgan fingerprint density at radius 1 is 1.00 bits per heavy atom. The molecule has 0 atom stereocenters. The van der Waals surface area contributed by atoms with Crippen LogP contribution in [0.15, 0.2) is 71.7 Å². The fourth-order valence-electron chi connectivity index (χ4n) is 3.56. The summed E-state index contributed by atoms with van der Waals surface area (Å²) in [6.07, 6.45) is 0. The number of carbonyl (C=O) groups excluding carboxylic acids is 1. The first-order valence-electron chi connectivity index (χ1n) is 10.7. The van der Waals surface area contributed by atoms with Gasteiger partial charge in [-0.3, -0.25) is 4.79 Å². The van der Waals surface area contributed by atoms with Gasteiger partial charge >= 0.3 is 0 Å². The Kier molecular flexibility index (Phi) is 6.83. The van der Waals surface area contributed by atoms with E-state index in [2.05, 4.69) is 35.5 Å². The molecule has 5 nitrogen and oxygen atoms in total. The summed E-state index contributed by atoms with van der Waals surface area (Å²) < 4.78 is 14.6. The lowest BCUT2D eigenvalue weighted by molar-refractivity contribution is 0.0996. The Balaban J connectivity index is 1.65. The third-order valence-corrected chi connectivity index (χ3v) is 6.28. The SMILES string of the molecule is CCOCCn1c(=NC(=O)c2ccc(Oc3ccccc3)cc2)sc2c(C)cc(C)cc21. The van der Waals surface area contributed by atoms with E-state index in [0.29, 0.717) is 35.9 Å². The third kappa shape index (κ3) is 4.98. The molecule has 1 amide bonds. The van der Waals surface area contributed by atoms with Crippen LogP contribution in [-0.4, -0.2) is 23.7 Å². The number of aryl methyl sites for hydroxylation is 2. The van der Waals surface area contributed by atoms with E-state index in [1.54, 1.807) is 35.6 Å². The van der Waals surface area contributed by atoms with E-state index in [9.17, 15) is 4.79 Å². The number of fused-ring (bicyclic) bond motifs is 1. The van der Waals surface area contributed by atoms with E-state index >= 15 is 0 Å². The first-order valence-corrected chi connectivity index (χ1v) is 11.5. The zero-order chi connectivity index (χ0) is 22.5. The Morgan fingerprint density at radius 2 is 1.72 bits per heavy atom. The van der Waals surface area contributed by atoms with Crippen molar-refractivity contribution in [2.45, 2.75) is 27.3 Å². The van der Waals surface area contributed by atoms with E-state index in [4.69, 9.17) is 9.47 Å². The van der Waals surface area contributed by atoms with Crippen LogP contribution < -0.4 is 9.54 Å². The van der Waals surface area contributed by atoms with E-state index in [1.165, 1.54) is 11.1 Å². The second-order valence-corrected chi connectivity index (χ2v) is 8.50. The highest BCUT2D eigenvalue weighted by atomic mass is 32.1. The number of para-hydroxylation sites is 1. The Labute approximate surface area is 191 Å². The zero-order valence-electron chi connectivity index (χ0n) is 18.5. The molecule has 0 aliphatic rings. The first kappa shape index (κ1) is 22.0. The van der Waals surface area contributed by atoms with Crippen LogP contribution in [0.3, 0.4) is 0 Å². The van der Waals surface area contributed by atoms with Crippen LogP contribution in [0, 0.1) is 13.8 Å². The van der Waals surface area contributed by atoms with Gasteiger partial charge in [-0.2, -0.15) is 4.99 Å². The van der Waals surface area contributed by atoms with Gasteiger partial charge in [0.05, 0.1) is 16.8 Å². The highest BCUT2D eigenvalue weighted by Crippen LogP contribution is 2.24. The number of amides is 1. The molecule has 0 spiro atoms. The topological polar surface area (TPSA) is 52.8 Å². The largest absolute Gasteiger partial charge is 0.457 e. The van der Waals surface area contributed by atoms with Gasteiger partial charge in [0.15, 0.2) is 4.80 Å². The summed E-state index contributed by atoms with van der Waals surface area (Å²) in [6, 6.07) is 20.9. The van der Waals surface area contributed by atoms with Crippen LogP contribution >= 0.6 is 11.3 Å². The summed E-state index contributed by atoms with van der Waals surface area (Å²) in [7, 11) is 0. The molecule has 0 aliphatic carbocycles. The van der Waals surface area contributed by atoms with Crippen LogP contribution in [-0.2, 0) is 11.3 Å². The van der Waals surface area contributed by atoms with Crippen molar-refractivity contribution >= 4 is 27.5 Å². The van der Waals surface area contributed by atoms with Crippen molar-refractivity contribution in [3.63, 3.8) is 0 Å². The van der Waals surface area contributed by atoms with Gasteiger partial charge < -0.3 is 14.0 Å². The highest BCUT2D eigenvalue weighted by Gasteiger charge is 2.12. The summed E-state index contributed by atoms with van der Waals surface area (Å²) in [5.41, 5.74) is 3.98. The molecule has 0 fully saturated rings. The number of rotatable bonds is 7. The number of thiazole rings is 1. The number of ether oxygens (including phenoxy) is 2. The number of hydrogen-bond donors (Lipinski definition) is 0. The van der Waals surface area contributed by atoms with Gasteiger partial charge in [0.2, 0.25) is 0 Å². The molecule has 1 aromatic heterocycles. The molecule has 32 heavy (non-hydrogen) atoms. The molecule has 1 heterocycles. The summed E-state index contributed by atoms with van der Waals surface area (Å²) in [5.74, 6) is 1.15. The van der Waals surface area contributed by atoms with Gasteiger partial charge in [-0.15, -0.1) is 0 Å². The van der Waals surface area contributed by atoms with Crippen LogP contribution in [0.1, 0.15) is 28.4 Å². The normalized spacial score (nSPS) is 11.8. The lowest BCUT2D eigenvalue weighted by Crippen LogP contribution is -2.19. The highest BCUT2D eigenvalue weighted by molar-refractivity contribution is 7.16. The predicted octanol–water partition coefficient (Wildman–Crippen LogP) is 5.89. The second-order valence-electron chi connectivity index (χ2n) is 7.52. The van der Waals surface area contributed by atoms with Crippen LogP contribution in [0.4, 0.5) is 0 Å². The van der Waals surface area contributed by atoms with E-state index < -0.39 is 0 Å². The lowest BCUT2D eigenvalue weighted by atomic mass is 10.1. The second kappa shape index (κ2) is 9.94. The molecule has 0 bridgehead atoms. The molecule has 0 unspecified atom stereocenters. The maximum atomic E-state index is 12.9. The van der Waals surface area contributed by atoms with Crippen molar-refractivity contribution in [1.29, 1.82) is 0 Å². The molecule has 0 radical (unpaired) electrons. The fourth-order valence-corrected chi connectivity index (χ4v) is 4.66. The maximum absolute atomic E-state index is 12.9. The van der Waals surface area contributed by atoms with E-state index in [1.807, 2.05) is 37.3 Å². The van der Waals surface area contributed by atoms with Crippen molar-refractivity contribution in [3.05, 3.63) is 88.2 Å². The Bertz CT molecular complexity index is 1290. The summed E-state index contributed by atoms with van der Waals surface area (Å²) in [5, 5.41) is 0. The zero-order valence-corrected chi connectivity index (χ0v) is 19.3. The molecule has 164 valence electrons. The predicted molar refractivity (Wildman–Crippen MR) is 129 cm³/mol. The van der Waals surface area contributed by atoms with Gasteiger partial charge in [-0.05, 0) is 74.4 Å². The van der Waals surface area contributed by atoms with Crippen molar-refractivity contribution in [2.24, 2.45) is 4.99 Å². The van der Waals surface area contributed by atoms with E-state index in [0.717, 1.165) is 16.0 Å². The van der Waals surface area contributed by atoms with Gasteiger partial charge in [0.25, 0.3) is 5.91 Å². The number of nitrogens with zero attached hydrogens (tertiary/aromatic N) is 2. The fraction of sp³-hybridized carbons (Fsp3) is 0.231. The molecule has 6 heteroatoms. The molecule has 4 rings (SSSR count). The molecule has 0 saturated carbocycles. The third-order valence-electron chi connectivity index (χ3n) is 5.06. The summed E-state index contributed by atoms with van der Waals surface area (Å²) >= 11 is 1.54. The number of carbonyl (C=O) groups is 1. The standard InChI is InChI=1S/C26H26N2O3S/c1-4-30-15-14-28-23-17-18(2)16-19(3)24(23)32-26(28)27-25(29)20-10-12-22(13-11-20)31-21-8-6-5-7-9-21/h5-13,16-17H,4,14-15H2,1-3H3. The smallest absolute Gasteiger partial charge is 0.279 e. The van der Waals surface area contributed by atoms with E-state index in [-0.39, 0.29) is 5.91 Å². The molecular formula is C26H26N2O3S. The summed E-state index contributed by atoms with van der Waals surface area (Å²) in [4.78, 5) is 18.1. The van der Waals surface area contributed by atoms with Crippen molar-refractivity contribution < 1.29 is 14.3 Å². The molecule has 0 saturated heterocycles. The minimum Gasteiger partial charge on any atom is -0.457 e. The van der Waals surface area contributed by atoms with Crippen LogP contribution in [0.5, 0.6) is 11.5 Å². The Morgan fingerprint density at radius 3 is 2.44 bits per heavy atom. The molecule has 4 aromatic rings. The van der Waals surface area contributed by atoms with Crippen LogP contribution in [0.2, 0.25) is 0 Å². The molecule has 0 aliphatic heterocycles. The van der Waals surface area contributed by atoms with Crippen molar-refractivity contribution in [1.82, 2.24) is 4.57 Å².